The molecule has 0 saturated carbocycles. The summed E-state index contributed by atoms with van der Waals surface area (Å²) in [6.07, 6.45) is 5.24. The van der Waals surface area contributed by atoms with Gasteiger partial charge in [0, 0.05) is 5.56 Å². The number of nitrogens with one attached hydrogen (secondary N) is 1. The van der Waals surface area contributed by atoms with Crippen molar-refractivity contribution in [3.8, 4) is 12.3 Å². The first-order valence-electron chi connectivity index (χ1n) is 4.61. The Morgan fingerprint density at radius 1 is 1.56 bits per heavy atom. The van der Waals surface area contributed by atoms with Gasteiger partial charge in [0.15, 0.2) is 0 Å². The molecule has 0 aliphatic heterocycles. The van der Waals surface area contributed by atoms with Crippen LogP contribution in [0.4, 0.5) is 4.39 Å². The van der Waals surface area contributed by atoms with Gasteiger partial charge >= 0.3 is 0 Å². The molecule has 84 valence electrons. The molecule has 16 heavy (non-hydrogen) atoms. The number of carbonyl (C=O) groups excluding carboxylic acids is 1. The van der Waals surface area contributed by atoms with Gasteiger partial charge in [-0.15, -0.1) is 6.42 Å². The Morgan fingerprint density at radius 2 is 2.19 bits per heavy atom. The van der Waals surface area contributed by atoms with E-state index in [9.17, 15) is 9.18 Å². The predicted molar refractivity (Wildman–Crippen MR) is 61.8 cm³/mol. The zero-order chi connectivity index (χ0) is 12.3. The van der Waals surface area contributed by atoms with E-state index in [0.717, 1.165) is 6.07 Å². The molecule has 0 saturated heterocycles. The number of benzene rings is 1. The Balaban J connectivity index is 2.91. The summed E-state index contributed by atoms with van der Waals surface area (Å²) in [7, 11) is 0. The van der Waals surface area contributed by atoms with Crippen molar-refractivity contribution < 1.29 is 9.18 Å². The van der Waals surface area contributed by atoms with Crippen LogP contribution in [0.15, 0.2) is 18.2 Å². The molecule has 1 aromatic rings. The van der Waals surface area contributed by atoms with E-state index in [0.29, 0.717) is 0 Å². The molecule has 0 unspecified atom stereocenters. The van der Waals surface area contributed by atoms with Crippen LogP contribution in [0.25, 0.3) is 0 Å². The van der Waals surface area contributed by atoms with Gasteiger partial charge in [0.2, 0.25) is 0 Å². The summed E-state index contributed by atoms with van der Waals surface area (Å²) in [6.45, 7) is 3.38. The topological polar surface area (TPSA) is 29.1 Å². The second-order valence-corrected chi connectivity index (χ2v) is 4.26. The van der Waals surface area contributed by atoms with E-state index in [4.69, 9.17) is 18.0 Å². The van der Waals surface area contributed by atoms with Crippen molar-refractivity contribution in [2.45, 2.75) is 19.4 Å². The zero-order valence-corrected chi connectivity index (χ0v) is 9.73. The number of hydrogen-bond donors (Lipinski definition) is 1. The summed E-state index contributed by atoms with van der Waals surface area (Å²) in [6, 6.07) is 3.75. The van der Waals surface area contributed by atoms with Crippen LogP contribution in [0, 0.1) is 18.2 Å². The molecular formula is C12H11ClFNO. The second-order valence-electron chi connectivity index (χ2n) is 3.85. The molecule has 1 amide bonds. The van der Waals surface area contributed by atoms with Crippen LogP contribution in [0.5, 0.6) is 0 Å². The van der Waals surface area contributed by atoms with E-state index in [1.54, 1.807) is 13.8 Å². The lowest BCUT2D eigenvalue weighted by molar-refractivity contribution is 0.0930. The summed E-state index contributed by atoms with van der Waals surface area (Å²) in [4.78, 5) is 11.7. The third-order valence-corrected chi connectivity index (χ3v) is 2.26. The van der Waals surface area contributed by atoms with Crippen molar-refractivity contribution in [2.24, 2.45) is 0 Å². The number of halogens is 2. The average Bonchev–Trinajstić information content (AvgIpc) is 2.21. The predicted octanol–water partition coefficient (Wildman–Crippen LogP) is 2.62. The van der Waals surface area contributed by atoms with Gasteiger partial charge < -0.3 is 5.32 Å². The number of carbonyl (C=O) groups is 1. The van der Waals surface area contributed by atoms with E-state index < -0.39 is 11.4 Å². The van der Waals surface area contributed by atoms with Gasteiger partial charge in [-0.05, 0) is 32.0 Å². The molecule has 0 spiro atoms. The van der Waals surface area contributed by atoms with Crippen LogP contribution < -0.4 is 5.32 Å². The first-order chi connectivity index (χ1) is 7.35. The minimum Gasteiger partial charge on any atom is -0.336 e. The molecule has 0 fully saturated rings. The highest BCUT2D eigenvalue weighted by Crippen LogP contribution is 2.16. The zero-order valence-electron chi connectivity index (χ0n) is 8.97. The van der Waals surface area contributed by atoms with Crippen molar-refractivity contribution >= 4 is 17.5 Å². The SMILES string of the molecule is C#CC(C)(C)NC(=O)c1ccc(F)c(Cl)c1. The van der Waals surface area contributed by atoms with Gasteiger partial charge in [-0.1, -0.05) is 17.5 Å². The Hall–Kier alpha value is -1.53. The summed E-state index contributed by atoms with van der Waals surface area (Å²) in [5.41, 5.74) is -0.479. The van der Waals surface area contributed by atoms with Crippen LogP contribution >= 0.6 is 11.6 Å². The molecular weight excluding hydrogens is 229 g/mol. The van der Waals surface area contributed by atoms with Crippen molar-refractivity contribution in [3.05, 3.63) is 34.6 Å². The number of rotatable bonds is 2. The lowest BCUT2D eigenvalue weighted by Crippen LogP contribution is -2.42. The highest BCUT2D eigenvalue weighted by molar-refractivity contribution is 6.31. The van der Waals surface area contributed by atoms with Crippen molar-refractivity contribution in [2.75, 3.05) is 0 Å². The van der Waals surface area contributed by atoms with Crippen molar-refractivity contribution in [1.82, 2.24) is 5.32 Å². The number of hydrogen-bond acceptors (Lipinski definition) is 1. The molecule has 0 aromatic heterocycles. The molecule has 4 heteroatoms. The van der Waals surface area contributed by atoms with E-state index >= 15 is 0 Å². The Bertz CT molecular complexity index is 463. The fourth-order valence-electron chi connectivity index (χ4n) is 1.03. The number of terminal acetylenes is 1. The Morgan fingerprint density at radius 3 is 2.69 bits per heavy atom. The van der Waals surface area contributed by atoms with Gasteiger partial charge in [0.25, 0.3) is 5.91 Å². The van der Waals surface area contributed by atoms with E-state index in [1.807, 2.05) is 0 Å². The summed E-state index contributed by atoms with van der Waals surface area (Å²) in [5.74, 6) is 1.48. The highest BCUT2D eigenvalue weighted by atomic mass is 35.5. The second kappa shape index (κ2) is 4.54. The van der Waals surface area contributed by atoms with E-state index in [1.165, 1.54) is 12.1 Å². The average molecular weight is 240 g/mol. The van der Waals surface area contributed by atoms with Crippen molar-refractivity contribution in [1.29, 1.82) is 0 Å². The highest BCUT2D eigenvalue weighted by Gasteiger charge is 2.18. The molecule has 0 aliphatic carbocycles. The van der Waals surface area contributed by atoms with Crippen LogP contribution in [0.1, 0.15) is 24.2 Å². The summed E-state index contributed by atoms with van der Waals surface area (Å²) in [5, 5.41) is 2.52. The summed E-state index contributed by atoms with van der Waals surface area (Å²) < 4.78 is 12.9. The minimum atomic E-state index is -0.752. The van der Waals surface area contributed by atoms with Gasteiger partial charge in [-0.2, -0.15) is 0 Å². The van der Waals surface area contributed by atoms with Crippen LogP contribution in [0.2, 0.25) is 5.02 Å². The van der Waals surface area contributed by atoms with Gasteiger partial charge in [0.1, 0.15) is 5.82 Å². The fraction of sp³-hybridized carbons (Fsp3) is 0.250. The monoisotopic (exact) mass is 239 g/mol. The maximum atomic E-state index is 12.9. The van der Waals surface area contributed by atoms with Gasteiger partial charge in [0.05, 0.1) is 10.6 Å². The van der Waals surface area contributed by atoms with Gasteiger partial charge in [-0.25, -0.2) is 4.39 Å². The Kier molecular flexibility index (Phi) is 3.56. The first-order valence-corrected chi connectivity index (χ1v) is 4.99. The van der Waals surface area contributed by atoms with E-state index in [2.05, 4.69) is 11.2 Å². The first kappa shape index (κ1) is 12.5. The van der Waals surface area contributed by atoms with Crippen molar-refractivity contribution in [3.63, 3.8) is 0 Å². The molecule has 2 nitrogen and oxygen atoms in total. The van der Waals surface area contributed by atoms with Crippen LogP contribution in [0.3, 0.4) is 0 Å². The van der Waals surface area contributed by atoms with Crippen LogP contribution in [-0.2, 0) is 0 Å². The summed E-state index contributed by atoms with van der Waals surface area (Å²) >= 11 is 5.57. The van der Waals surface area contributed by atoms with Crippen LogP contribution in [-0.4, -0.2) is 11.4 Å². The molecule has 1 aromatic carbocycles. The quantitative estimate of drug-likeness (QED) is 0.790. The normalized spacial score (nSPS) is 10.7. The molecule has 1 N–H and O–H groups in total. The third kappa shape index (κ3) is 2.98. The molecule has 0 radical (unpaired) electrons. The molecule has 0 bridgehead atoms. The van der Waals surface area contributed by atoms with E-state index in [-0.39, 0.29) is 16.5 Å². The fourth-order valence-corrected chi connectivity index (χ4v) is 1.21. The standard InChI is InChI=1S/C12H11ClFNO/c1-4-12(2,3)15-11(16)8-5-6-10(14)9(13)7-8/h1,5-7H,2-3H3,(H,15,16). The maximum Gasteiger partial charge on any atom is 0.252 e. The molecule has 1 rings (SSSR count). The smallest absolute Gasteiger partial charge is 0.252 e. The third-order valence-electron chi connectivity index (χ3n) is 1.97. The molecule has 0 heterocycles. The lowest BCUT2D eigenvalue weighted by Gasteiger charge is -2.19. The maximum absolute atomic E-state index is 12.9. The molecule has 0 atom stereocenters. The Labute approximate surface area is 98.8 Å². The molecule has 0 aliphatic rings. The largest absolute Gasteiger partial charge is 0.336 e. The lowest BCUT2D eigenvalue weighted by atomic mass is 10.1. The minimum absolute atomic E-state index is 0.0915. The van der Waals surface area contributed by atoms with Gasteiger partial charge in [-0.3, -0.25) is 4.79 Å². The number of amides is 1.